The highest BCUT2D eigenvalue weighted by Gasteiger charge is 2.21. The molecule has 3 nitrogen and oxygen atoms in total. The van der Waals surface area contributed by atoms with Crippen LogP contribution in [0.1, 0.15) is 25.3 Å². The molecule has 0 bridgehead atoms. The average molecular weight is 316 g/mol. The van der Waals surface area contributed by atoms with Crippen molar-refractivity contribution < 1.29 is 9.47 Å². The Morgan fingerprint density at radius 1 is 1.17 bits per heavy atom. The third kappa shape index (κ3) is 2.91. The first-order valence-electron chi connectivity index (χ1n) is 6.30. The smallest absolute Gasteiger partial charge is 0.162 e. The van der Waals surface area contributed by atoms with Gasteiger partial charge in [-0.25, -0.2) is 0 Å². The fourth-order valence-electron chi connectivity index (χ4n) is 2.36. The average Bonchev–Trinajstić information content (AvgIpc) is 2.76. The minimum absolute atomic E-state index is 0. The largest absolute Gasteiger partial charge is 0.493 e. The Bertz CT molecular complexity index is 396. The van der Waals surface area contributed by atoms with Crippen LogP contribution < -0.4 is 14.4 Å². The third-order valence-electron chi connectivity index (χ3n) is 3.36. The number of anilines is 1. The topological polar surface area (TPSA) is 21.7 Å². The number of nitrogens with zero attached hydrogens (tertiary/aromatic N) is 1. The van der Waals surface area contributed by atoms with Crippen molar-refractivity contribution in [1.29, 1.82) is 0 Å². The quantitative estimate of drug-likeness (QED) is 0.830. The first kappa shape index (κ1) is 15.2. The van der Waals surface area contributed by atoms with Gasteiger partial charge in [-0.2, -0.15) is 0 Å². The highest BCUT2D eigenvalue weighted by molar-refractivity contribution is 8.93. The molecular formula is C14H22BrNO2. The third-order valence-corrected chi connectivity index (χ3v) is 3.36. The van der Waals surface area contributed by atoms with E-state index in [1.807, 2.05) is 0 Å². The monoisotopic (exact) mass is 315 g/mol. The SMILES string of the molecule is Br.CCCCN1CCc2cc(OC)c(OC)cc21. The lowest BCUT2D eigenvalue weighted by Gasteiger charge is -2.20. The predicted octanol–water partition coefficient (Wildman–Crippen LogP) is 3.44. The van der Waals surface area contributed by atoms with Crippen LogP contribution in [0.2, 0.25) is 0 Å². The van der Waals surface area contributed by atoms with E-state index in [1.54, 1.807) is 14.2 Å². The molecule has 1 aromatic rings. The summed E-state index contributed by atoms with van der Waals surface area (Å²) in [5, 5.41) is 0. The van der Waals surface area contributed by atoms with E-state index in [9.17, 15) is 0 Å². The molecule has 102 valence electrons. The Kier molecular flexibility index (Phi) is 5.79. The van der Waals surface area contributed by atoms with Crippen molar-refractivity contribution in [3.63, 3.8) is 0 Å². The summed E-state index contributed by atoms with van der Waals surface area (Å²) in [6, 6.07) is 4.22. The summed E-state index contributed by atoms with van der Waals surface area (Å²) in [4.78, 5) is 2.45. The Morgan fingerprint density at radius 2 is 1.83 bits per heavy atom. The summed E-state index contributed by atoms with van der Waals surface area (Å²) in [7, 11) is 3.38. The van der Waals surface area contributed by atoms with Gasteiger partial charge in [-0.1, -0.05) is 13.3 Å². The Morgan fingerprint density at radius 3 is 2.44 bits per heavy atom. The van der Waals surface area contributed by atoms with E-state index in [0.717, 1.165) is 31.0 Å². The van der Waals surface area contributed by atoms with Crippen LogP contribution in [0.15, 0.2) is 12.1 Å². The number of hydrogen-bond donors (Lipinski definition) is 0. The fraction of sp³-hybridized carbons (Fsp3) is 0.571. The van der Waals surface area contributed by atoms with Gasteiger partial charge < -0.3 is 14.4 Å². The molecule has 0 aromatic heterocycles. The van der Waals surface area contributed by atoms with Gasteiger partial charge in [0.25, 0.3) is 0 Å². The van der Waals surface area contributed by atoms with Gasteiger partial charge in [0.15, 0.2) is 11.5 Å². The van der Waals surface area contributed by atoms with E-state index in [0.29, 0.717) is 0 Å². The number of benzene rings is 1. The van der Waals surface area contributed by atoms with Crippen LogP contribution in [0, 0.1) is 0 Å². The predicted molar refractivity (Wildman–Crippen MR) is 80.7 cm³/mol. The normalized spacial score (nSPS) is 12.9. The first-order valence-corrected chi connectivity index (χ1v) is 6.30. The summed E-state index contributed by atoms with van der Waals surface area (Å²) in [5.41, 5.74) is 2.69. The standard InChI is InChI=1S/C14H21NO2.BrH/c1-4-5-7-15-8-6-11-9-13(16-2)14(17-3)10-12(11)15;/h9-10H,4-8H2,1-3H3;1H. The van der Waals surface area contributed by atoms with Crippen molar-refractivity contribution >= 4 is 22.7 Å². The second kappa shape index (κ2) is 6.88. The van der Waals surface area contributed by atoms with E-state index in [2.05, 4.69) is 24.0 Å². The molecule has 2 rings (SSSR count). The molecule has 1 heterocycles. The van der Waals surface area contributed by atoms with Gasteiger partial charge >= 0.3 is 0 Å². The van der Waals surface area contributed by atoms with E-state index in [-0.39, 0.29) is 17.0 Å². The summed E-state index contributed by atoms with van der Waals surface area (Å²) in [6.07, 6.45) is 3.59. The Hall–Kier alpha value is -0.900. The van der Waals surface area contributed by atoms with Gasteiger partial charge in [-0.3, -0.25) is 0 Å². The lowest BCUT2D eigenvalue weighted by atomic mass is 10.1. The van der Waals surface area contributed by atoms with Crippen LogP contribution in [-0.2, 0) is 6.42 Å². The van der Waals surface area contributed by atoms with Crippen molar-refractivity contribution in [1.82, 2.24) is 0 Å². The maximum atomic E-state index is 5.36. The summed E-state index contributed by atoms with van der Waals surface area (Å²) in [6.45, 7) is 4.48. The van der Waals surface area contributed by atoms with Gasteiger partial charge in [0.2, 0.25) is 0 Å². The molecule has 0 atom stereocenters. The summed E-state index contributed by atoms with van der Waals surface area (Å²) in [5.74, 6) is 1.67. The molecular weight excluding hydrogens is 294 g/mol. The van der Waals surface area contributed by atoms with Gasteiger partial charge in [0.1, 0.15) is 0 Å². The minimum atomic E-state index is 0. The van der Waals surface area contributed by atoms with E-state index in [1.165, 1.54) is 24.1 Å². The zero-order valence-electron chi connectivity index (χ0n) is 11.4. The van der Waals surface area contributed by atoms with Crippen LogP contribution >= 0.6 is 17.0 Å². The number of rotatable bonds is 5. The summed E-state index contributed by atoms with van der Waals surface area (Å²) < 4.78 is 10.7. The highest BCUT2D eigenvalue weighted by Crippen LogP contribution is 2.38. The zero-order chi connectivity index (χ0) is 12.3. The molecule has 0 radical (unpaired) electrons. The molecule has 0 aliphatic carbocycles. The molecule has 1 aliphatic heterocycles. The van der Waals surface area contributed by atoms with Gasteiger partial charge in [-0.15, -0.1) is 17.0 Å². The first-order chi connectivity index (χ1) is 8.30. The Labute approximate surface area is 120 Å². The number of fused-ring (bicyclic) bond motifs is 1. The highest BCUT2D eigenvalue weighted by atomic mass is 79.9. The number of hydrogen-bond acceptors (Lipinski definition) is 3. The Balaban J connectivity index is 0.00000162. The van der Waals surface area contributed by atoms with Crippen LogP contribution in [0.3, 0.4) is 0 Å². The molecule has 0 amide bonds. The molecule has 1 aromatic carbocycles. The van der Waals surface area contributed by atoms with E-state index < -0.39 is 0 Å². The number of halogens is 1. The van der Waals surface area contributed by atoms with Gasteiger partial charge in [-0.05, 0) is 24.5 Å². The lowest BCUT2D eigenvalue weighted by molar-refractivity contribution is 0.355. The molecule has 0 fully saturated rings. The molecule has 0 spiro atoms. The van der Waals surface area contributed by atoms with Gasteiger partial charge in [0.05, 0.1) is 14.2 Å². The molecule has 0 unspecified atom stereocenters. The van der Waals surface area contributed by atoms with Crippen molar-refractivity contribution in [2.45, 2.75) is 26.2 Å². The number of unbranched alkanes of at least 4 members (excludes halogenated alkanes) is 1. The lowest BCUT2D eigenvalue weighted by Crippen LogP contribution is -2.21. The summed E-state index contributed by atoms with van der Waals surface area (Å²) >= 11 is 0. The molecule has 0 saturated carbocycles. The minimum Gasteiger partial charge on any atom is -0.493 e. The van der Waals surface area contributed by atoms with Crippen LogP contribution in [0.5, 0.6) is 11.5 Å². The molecule has 0 N–H and O–H groups in total. The van der Waals surface area contributed by atoms with Crippen LogP contribution in [0.4, 0.5) is 5.69 Å². The number of ether oxygens (including phenoxy) is 2. The molecule has 1 aliphatic rings. The number of methoxy groups -OCH3 is 2. The second-order valence-corrected chi connectivity index (χ2v) is 4.43. The van der Waals surface area contributed by atoms with Crippen LogP contribution in [0.25, 0.3) is 0 Å². The molecule has 18 heavy (non-hydrogen) atoms. The van der Waals surface area contributed by atoms with E-state index >= 15 is 0 Å². The van der Waals surface area contributed by atoms with Crippen molar-refractivity contribution in [3.05, 3.63) is 17.7 Å². The van der Waals surface area contributed by atoms with Gasteiger partial charge in [0, 0.05) is 24.8 Å². The van der Waals surface area contributed by atoms with E-state index in [4.69, 9.17) is 9.47 Å². The van der Waals surface area contributed by atoms with Crippen molar-refractivity contribution in [2.24, 2.45) is 0 Å². The zero-order valence-corrected chi connectivity index (χ0v) is 13.1. The maximum Gasteiger partial charge on any atom is 0.162 e. The van der Waals surface area contributed by atoms with Crippen molar-refractivity contribution in [3.8, 4) is 11.5 Å². The fourth-order valence-corrected chi connectivity index (χ4v) is 2.36. The second-order valence-electron chi connectivity index (χ2n) is 4.43. The van der Waals surface area contributed by atoms with Crippen LogP contribution in [-0.4, -0.2) is 27.3 Å². The molecule has 0 saturated heterocycles. The van der Waals surface area contributed by atoms with Crippen molar-refractivity contribution in [2.75, 3.05) is 32.2 Å². The molecule has 4 heteroatoms. The maximum absolute atomic E-state index is 5.36.